The SMILES string of the molecule is ClC1C=CC(CN2CCCC2CNC2CCCCC2)=CC1. The van der Waals surface area contributed by atoms with E-state index in [9.17, 15) is 0 Å². The number of halogens is 1. The summed E-state index contributed by atoms with van der Waals surface area (Å²) in [6.07, 6.45) is 17.4. The van der Waals surface area contributed by atoms with Gasteiger partial charge in [-0.05, 0) is 44.2 Å². The van der Waals surface area contributed by atoms with Crippen molar-refractivity contribution in [3.8, 4) is 0 Å². The number of nitrogens with zero attached hydrogens (tertiary/aromatic N) is 1. The van der Waals surface area contributed by atoms with Crippen molar-refractivity contribution in [3.63, 3.8) is 0 Å². The highest BCUT2D eigenvalue weighted by molar-refractivity contribution is 6.22. The van der Waals surface area contributed by atoms with E-state index in [1.54, 1.807) is 0 Å². The second-order valence-corrected chi connectivity index (χ2v) is 7.46. The van der Waals surface area contributed by atoms with E-state index in [1.807, 2.05) is 0 Å². The van der Waals surface area contributed by atoms with Crippen molar-refractivity contribution in [2.45, 2.75) is 68.8 Å². The minimum absolute atomic E-state index is 0.205. The molecule has 1 aliphatic heterocycles. The number of nitrogens with one attached hydrogen (secondary N) is 1. The monoisotopic (exact) mass is 308 g/mol. The maximum Gasteiger partial charge on any atom is 0.0553 e. The molecule has 0 aromatic rings. The van der Waals surface area contributed by atoms with Crippen molar-refractivity contribution < 1.29 is 0 Å². The molecule has 3 aliphatic rings. The number of alkyl halides is 1. The summed E-state index contributed by atoms with van der Waals surface area (Å²) in [6.45, 7) is 3.55. The van der Waals surface area contributed by atoms with Crippen LogP contribution in [0.15, 0.2) is 23.8 Å². The molecule has 0 amide bonds. The van der Waals surface area contributed by atoms with Crippen LogP contribution in [0.1, 0.15) is 51.4 Å². The van der Waals surface area contributed by atoms with Crippen LogP contribution < -0.4 is 5.32 Å². The van der Waals surface area contributed by atoms with Crippen LogP contribution in [0.3, 0.4) is 0 Å². The van der Waals surface area contributed by atoms with Gasteiger partial charge >= 0.3 is 0 Å². The molecule has 0 bridgehead atoms. The summed E-state index contributed by atoms with van der Waals surface area (Å²) in [5.41, 5.74) is 1.46. The van der Waals surface area contributed by atoms with E-state index < -0.39 is 0 Å². The van der Waals surface area contributed by atoms with Crippen LogP contribution >= 0.6 is 11.6 Å². The Kier molecular flexibility index (Phi) is 5.79. The molecule has 0 aromatic heterocycles. The molecule has 2 fully saturated rings. The van der Waals surface area contributed by atoms with E-state index in [4.69, 9.17) is 11.6 Å². The highest BCUT2D eigenvalue weighted by atomic mass is 35.5. The van der Waals surface area contributed by atoms with Crippen molar-refractivity contribution >= 4 is 11.6 Å². The van der Waals surface area contributed by atoms with Gasteiger partial charge in [-0.2, -0.15) is 0 Å². The zero-order valence-electron chi connectivity index (χ0n) is 13.1. The molecule has 1 saturated carbocycles. The van der Waals surface area contributed by atoms with E-state index in [0.717, 1.165) is 25.0 Å². The second-order valence-electron chi connectivity index (χ2n) is 6.90. The van der Waals surface area contributed by atoms with Crippen LogP contribution in [0.4, 0.5) is 0 Å². The van der Waals surface area contributed by atoms with Crippen LogP contribution in [0, 0.1) is 0 Å². The molecule has 21 heavy (non-hydrogen) atoms. The number of hydrogen-bond donors (Lipinski definition) is 1. The lowest BCUT2D eigenvalue weighted by molar-refractivity contribution is 0.252. The Morgan fingerprint density at radius 1 is 1.14 bits per heavy atom. The molecule has 0 spiro atoms. The lowest BCUT2D eigenvalue weighted by atomic mass is 9.95. The third-order valence-corrected chi connectivity index (χ3v) is 5.58. The predicted molar refractivity (Wildman–Crippen MR) is 91.0 cm³/mol. The quantitative estimate of drug-likeness (QED) is 0.776. The first-order chi connectivity index (χ1) is 10.3. The van der Waals surface area contributed by atoms with E-state index >= 15 is 0 Å². The molecule has 1 heterocycles. The van der Waals surface area contributed by atoms with Gasteiger partial charge in [0.2, 0.25) is 0 Å². The first-order valence-electron chi connectivity index (χ1n) is 8.80. The number of allylic oxidation sites excluding steroid dienone is 2. The second kappa shape index (κ2) is 7.80. The van der Waals surface area contributed by atoms with Crippen molar-refractivity contribution in [2.24, 2.45) is 0 Å². The van der Waals surface area contributed by atoms with E-state index in [0.29, 0.717) is 0 Å². The van der Waals surface area contributed by atoms with Gasteiger partial charge in [-0.15, -0.1) is 11.6 Å². The molecular formula is C18H29ClN2. The largest absolute Gasteiger partial charge is 0.312 e. The fourth-order valence-electron chi connectivity index (χ4n) is 3.93. The average molecular weight is 309 g/mol. The van der Waals surface area contributed by atoms with Gasteiger partial charge in [0.1, 0.15) is 0 Å². The van der Waals surface area contributed by atoms with Crippen LogP contribution in [0.25, 0.3) is 0 Å². The molecule has 3 rings (SSSR count). The van der Waals surface area contributed by atoms with Gasteiger partial charge in [-0.3, -0.25) is 4.90 Å². The molecule has 0 aromatic carbocycles. The summed E-state index contributed by atoms with van der Waals surface area (Å²) >= 11 is 6.11. The van der Waals surface area contributed by atoms with Gasteiger partial charge < -0.3 is 5.32 Å². The summed E-state index contributed by atoms with van der Waals surface area (Å²) < 4.78 is 0. The maximum atomic E-state index is 6.11. The lowest BCUT2D eigenvalue weighted by Crippen LogP contribution is -2.43. The van der Waals surface area contributed by atoms with E-state index in [1.165, 1.54) is 63.6 Å². The van der Waals surface area contributed by atoms with Crippen LogP contribution in [-0.2, 0) is 0 Å². The lowest BCUT2D eigenvalue weighted by Gasteiger charge is -2.29. The summed E-state index contributed by atoms with van der Waals surface area (Å²) in [5, 5.41) is 4.04. The van der Waals surface area contributed by atoms with Gasteiger partial charge in [0.25, 0.3) is 0 Å². The standard InChI is InChI=1S/C18H29ClN2/c19-16-10-8-15(9-11-16)14-21-12-4-7-18(21)13-20-17-5-2-1-3-6-17/h8-10,16-18,20H,1-7,11-14H2. The zero-order chi connectivity index (χ0) is 14.5. The fourth-order valence-corrected chi connectivity index (χ4v) is 4.10. The third-order valence-electron chi connectivity index (χ3n) is 5.26. The Balaban J connectivity index is 1.45. The van der Waals surface area contributed by atoms with Crippen LogP contribution in [-0.4, -0.2) is 42.0 Å². The van der Waals surface area contributed by atoms with Crippen molar-refractivity contribution in [2.75, 3.05) is 19.6 Å². The van der Waals surface area contributed by atoms with Crippen LogP contribution in [0.5, 0.6) is 0 Å². The first kappa shape index (κ1) is 15.6. The van der Waals surface area contributed by atoms with Crippen molar-refractivity contribution in [1.29, 1.82) is 0 Å². The Labute approximate surface area is 134 Å². The molecule has 3 heteroatoms. The van der Waals surface area contributed by atoms with Gasteiger partial charge in [-0.25, -0.2) is 0 Å². The Bertz CT molecular complexity index is 385. The fraction of sp³-hybridized carbons (Fsp3) is 0.778. The molecule has 1 saturated heterocycles. The third kappa shape index (κ3) is 4.58. The highest BCUT2D eigenvalue weighted by Crippen LogP contribution is 2.23. The Morgan fingerprint density at radius 3 is 2.76 bits per heavy atom. The molecule has 118 valence electrons. The topological polar surface area (TPSA) is 15.3 Å². The molecular weight excluding hydrogens is 280 g/mol. The molecule has 2 unspecified atom stereocenters. The molecule has 2 atom stereocenters. The van der Waals surface area contributed by atoms with E-state index in [2.05, 4.69) is 28.4 Å². The summed E-state index contributed by atoms with van der Waals surface area (Å²) in [5.74, 6) is 0. The minimum Gasteiger partial charge on any atom is -0.312 e. The Hall–Kier alpha value is -0.310. The first-order valence-corrected chi connectivity index (χ1v) is 9.23. The molecule has 2 aliphatic carbocycles. The predicted octanol–water partition coefficient (Wildman–Crippen LogP) is 3.87. The number of likely N-dealkylation sites (tertiary alicyclic amines) is 1. The summed E-state index contributed by atoms with van der Waals surface area (Å²) in [4.78, 5) is 2.67. The van der Waals surface area contributed by atoms with Gasteiger partial charge in [0, 0.05) is 25.2 Å². The molecule has 2 nitrogen and oxygen atoms in total. The number of rotatable bonds is 5. The highest BCUT2D eigenvalue weighted by Gasteiger charge is 2.26. The molecule has 0 radical (unpaired) electrons. The summed E-state index contributed by atoms with van der Waals surface area (Å²) in [7, 11) is 0. The zero-order valence-corrected chi connectivity index (χ0v) is 13.8. The normalized spacial score (nSPS) is 31.6. The van der Waals surface area contributed by atoms with Gasteiger partial charge in [0.05, 0.1) is 5.38 Å². The van der Waals surface area contributed by atoms with E-state index in [-0.39, 0.29) is 5.38 Å². The minimum atomic E-state index is 0.205. The maximum absolute atomic E-state index is 6.11. The summed E-state index contributed by atoms with van der Waals surface area (Å²) in [6, 6.07) is 1.52. The van der Waals surface area contributed by atoms with Crippen molar-refractivity contribution in [1.82, 2.24) is 10.2 Å². The van der Waals surface area contributed by atoms with Gasteiger partial charge in [0.15, 0.2) is 0 Å². The van der Waals surface area contributed by atoms with Crippen molar-refractivity contribution in [3.05, 3.63) is 23.8 Å². The number of hydrogen-bond acceptors (Lipinski definition) is 2. The Morgan fingerprint density at radius 2 is 2.00 bits per heavy atom. The average Bonchev–Trinajstić information content (AvgIpc) is 2.96. The van der Waals surface area contributed by atoms with Gasteiger partial charge in [-0.1, -0.05) is 37.5 Å². The smallest absolute Gasteiger partial charge is 0.0553 e. The van der Waals surface area contributed by atoms with Crippen LogP contribution in [0.2, 0.25) is 0 Å². The molecule has 1 N–H and O–H groups in total.